The van der Waals surface area contributed by atoms with Crippen molar-refractivity contribution in [1.29, 1.82) is 0 Å². The Kier molecular flexibility index (Phi) is 5.22. The number of nitrogens with zero attached hydrogens (tertiary/aromatic N) is 2. The second-order valence-electron chi connectivity index (χ2n) is 5.51. The van der Waals surface area contributed by atoms with Gasteiger partial charge in [-0.1, -0.05) is 42.5 Å². The van der Waals surface area contributed by atoms with E-state index in [1.807, 2.05) is 30.3 Å². The minimum absolute atomic E-state index is 0.0339. The van der Waals surface area contributed by atoms with E-state index in [-0.39, 0.29) is 10.8 Å². The van der Waals surface area contributed by atoms with Crippen LogP contribution in [-0.2, 0) is 12.7 Å². The summed E-state index contributed by atoms with van der Waals surface area (Å²) < 4.78 is 40.8. The lowest BCUT2D eigenvalue weighted by molar-refractivity contribution is -0.136. The van der Waals surface area contributed by atoms with Gasteiger partial charge in [-0.05, 0) is 29.9 Å². The number of nitrogens with one attached hydrogen (secondary N) is 2. The van der Waals surface area contributed by atoms with Crippen molar-refractivity contribution in [2.45, 2.75) is 12.7 Å². The van der Waals surface area contributed by atoms with Crippen LogP contribution < -0.4 is 10.6 Å². The summed E-state index contributed by atoms with van der Waals surface area (Å²) in [6, 6.07) is 16.6. The number of thiocarbonyl (C=S) groups is 1. The van der Waals surface area contributed by atoms with Crippen molar-refractivity contribution in [2.75, 3.05) is 10.6 Å². The molecule has 4 nitrogen and oxygen atoms in total. The molecule has 2 N–H and O–H groups in total. The molecule has 3 aromatic rings. The Labute approximate surface area is 153 Å². The van der Waals surface area contributed by atoms with E-state index in [4.69, 9.17) is 12.2 Å². The van der Waals surface area contributed by atoms with Crippen LogP contribution in [0.5, 0.6) is 0 Å². The van der Waals surface area contributed by atoms with Gasteiger partial charge in [0.2, 0.25) is 0 Å². The fourth-order valence-corrected chi connectivity index (χ4v) is 2.61. The first-order chi connectivity index (χ1) is 12.4. The molecule has 0 bridgehead atoms. The predicted molar refractivity (Wildman–Crippen MR) is 99.1 cm³/mol. The first-order valence-corrected chi connectivity index (χ1v) is 8.14. The number of hydrogen-bond acceptors (Lipinski definition) is 2. The van der Waals surface area contributed by atoms with Gasteiger partial charge >= 0.3 is 6.18 Å². The van der Waals surface area contributed by atoms with Crippen LogP contribution in [0.2, 0.25) is 0 Å². The second kappa shape index (κ2) is 7.57. The number of alkyl halides is 3. The molecule has 0 saturated carbocycles. The lowest BCUT2D eigenvalue weighted by atomic mass is 10.2. The molecule has 3 rings (SSSR count). The molecule has 0 unspecified atom stereocenters. The van der Waals surface area contributed by atoms with Gasteiger partial charge in [-0.3, -0.25) is 4.68 Å². The van der Waals surface area contributed by atoms with Crippen molar-refractivity contribution in [1.82, 2.24) is 9.78 Å². The molecule has 1 aromatic heterocycles. The van der Waals surface area contributed by atoms with E-state index in [9.17, 15) is 13.2 Å². The third-order valence-corrected chi connectivity index (χ3v) is 3.75. The fraction of sp³-hybridized carbons (Fsp3) is 0.111. The minimum Gasteiger partial charge on any atom is -0.332 e. The highest BCUT2D eigenvalue weighted by molar-refractivity contribution is 7.80. The monoisotopic (exact) mass is 376 g/mol. The molecule has 26 heavy (non-hydrogen) atoms. The third kappa shape index (κ3) is 4.60. The van der Waals surface area contributed by atoms with E-state index in [2.05, 4.69) is 15.7 Å². The van der Waals surface area contributed by atoms with E-state index in [1.54, 1.807) is 16.9 Å². The zero-order valence-corrected chi connectivity index (χ0v) is 14.3. The molecule has 8 heteroatoms. The maximum atomic E-state index is 13.0. The molecule has 1 heterocycles. The van der Waals surface area contributed by atoms with Crippen molar-refractivity contribution in [3.8, 4) is 0 Å². The average molecular weight is 376 g/mol. The number of anilines is 2. The molecule has 2 aromatic carbocycles. The average Bonchev–Trinajstić information content (AvgIpc) is 3.02. The molecule has 0 aliphatic rings. The molecule has 0 amide bonds. The number of rotatable bonds is 4. The summed E-state index contributed by atoms with van der Waals surface area (Å²) in [6.07, 6.45) is -2.70. The Balaban J connectivity index is 1.65. The Morgan fingerprint density at radius 3 is 2.38 bits per heavy atom. The Morgan fingerprint density at radius 2 is 1.65 bits per heavy atom. The normalized spacial score (nSPS) is 11.2. The largest absolute Gasteiger partial charge is 0.418 e. The van der Waals surface area contributed by atoms with Crippen LogP contribution in [0.3, 0.4) is 0 Å². The summed E-state index contributed by atoms with van der Waals surface area (Å²) in [4.78, 5) is 0. The summed E-state index contributed by atoms with van der Waals surface area (Å²) in [5.41, 5.74) is 0.196. The first kappa shape index (κ1) is 17.9. The SMILES string of the molecule is FC(F)(F)c1ccccc1NC(=S)Nc1ccn(Cc2ccccc2)n1. The maximum absolute atomic E-state index is 13.0. The predicted octanol–water partition coefficient (Wildman–Crippen LogP) is 4.76. The second-order valence-corrected chi connectivity index (χ2v) is 5.91. The van der Waals surface area contributed by atoms with Gasteiger partial charge in [0, 0.05) is 12.3 Å². The number of hydrogen-bond donors (Lipinski definition) is 2. The van der Waals surface area contributed by atoms with Gasteiger partial charge in [-0.15, -0.1) is 0 Å². The van der Waals surface area contributed by atoms with Crippen molar-refractivity contribution >= 4 is 28.8 Å². The van der Waals surface area contributed by atoms with Crippen molar-refractivity contribution in [3.05, 3.63) is 78.0 Å². The van der Waals surface area contributed by atoms with E-state index in [0.717, 1.165) is 11.6 Å². The highest BCUT2D eigenvalue weighted by Crippen LogP contribution is 2.34. The van der Waals surface area contributed by atoms with Crippen LogP contribution in [0.25, 0.3) is 0 Å². The summed E-state index contributed by atoms with van der Waals surface area (Å²) in [5.74, 6) is 0.447. The van der Waals surface area contributed by atoms with Gasteiger partial charge in [0.1, 0.15) is 0 Å². The van der Waals surface area contributed by atoms with E-state index in [0.29, 0.717) is 12.4 Å². The number of para-hydroxylation sites is 1. The fourth-order valence-electron chi connectivity index (χ4n) is 2.40. The Morgan fingerprint density at radius 1 is 0.962 bits per heavy atom. The summed E-state index contributed by atoms with van der Waals surface area (Å²) in [6.45, 7) is 0.583. The van der Waals surface area contributed by atoms with E-state index >= 15 is 0 Å². The maximum Gasteiger partial charge on any atom is 0.418 e. The van der Waals surface area contributed by atoms with E-state index in [1.165, 1.54) is 18.2 Å². The Hall–Kier alpha value is -2.87. The van der Waals surface area contributed by atoms with Crippen LogP contribution in [0, 0.1) is 0 Å². The lowest BCUT2D eigenvalue weighted by Gasteiger charge is -2.15. The summed E-state index contributed by atoms with van der Waals surface area (Å²) in [5, 5.41) is 9.72. The molecule has 0 atom stereocenters. The van der Waals surface area contributed by atoms with Gasteiger partial charge in [0.25, 0.3) is 0 Å². The molecule has 0 fully saturated rings. The van der Waals surface area contributed by atoms with Crippen LogP contribution in [0.15, 0.2) is 66.9 Å². The van der Waals surface area contributed by atoms with Gasteiger partial charge < -0.3 is 10.6 Å². The molecule has 0 spiro atoms. The molecule has 0 aliphatic carbocycles. The number of benzene rings is 2. The zero-order valence-electron chi connectivity index (χ0n) is 13.5. The number of aromatic nitrogens is 2. The third-order valence-electron chi connectivity index (χ3n) is 3.55. The standard InChI is InChI=1S/C18H15F3N4S/c19-18(20,21)14-8-4-5-9-15(14)22-17(26)23-16-10-11-25(24-16)12-13-6-2-1-3-7-13/h1-11H,12H2,(H2,22,23,24,26). The smallest absolute Gasteiger partial charge is 0.332 e. The quantitative estimate of drug-likeness (QED) is 0.645. The lowest BCUT2D eigenvalue weighted by Crippen LogP contribution is -2.22. The molecule has 0 saturated heterocycles. The van der Waals surface area contributed by atoms with Gasteiger partial charge in [0.05, 0.1) is 17.8 Å². The molecule has 0 aliphatic heterocycles. The molecule has 0 radical (unpaired) electrons. The van der Waals surface area contributed by atoms with Crippen LogP contribution in [0.1, 0.15) is 11.1 Å². The molecule has 134 valence electrons. The van der Waals surface area contributed by atoms with E-state index < -0.39 is 11.7 Å². The van der Waals surface area contributed by atoms with Crippen LogP contribution in [-0.4, -0.2) is 14.9 Å². The summed E-state index contributed by atoms with van der Waals surface area (Å²) >= 11 is 5.10. The molecular weight excluding hydrogens is 361 g/mol. The van der Waals surface area contributed by atoms with Crippen molar-refractivity contribution < 1.29 is 13.2 Å². The highest BCUT2D eigenvalue weighted by atomic mass is 32.1. The summed E-state index contributed by atoms with van der Waals surface area (Å²) in [7, 11) is 0. The zero-order chi connectivity index (χ0) is 18.6. The van der Waals surface area contributed by atoms with Gasteiger partial charge in [-0.25, -0.2) is 0 Å². The van der Waals surface area contributed by atoms with Crippen LogP contribution in [0.4, 0.5) is 24.7 Å². The van der Waals surface area contributed by atoms with Crippen LogP contribution >= 0.6 is 12.2 Å². The van der Waals surface area contributed by atoms with Gasteiger partial charge in [0.15, 0.2) is 10.9 Å². The Bertz CT molecular complexity index is 891. The highest BCUT2D eigenvalue weighted by Gasteiger charge is 2.33. The molecular formula is C18H15F3N4S. The van der Waals surface area contributed by atoms with Crippen molar-refractivity contribution in [2.24, 2.45) is 0 Å². The van der Waals surface area contributed by atoms with Gasteiger partial charge in [-0.2, -0.15) is 18.3 Å². The number of halogens is 3. The first-order valence-electron chi connectivity index (χ1n) is 7.73. The topological polar surface area (TPSA) is 41.9 Å². The minimum atomic E-state index is -4.46. The van der Waals surface area contributed by atoms with Crippen molar-refractivity contribution in [3.63, 3.8) is 0 Å².